The van der Waals surface area contributed by atoms with Crippen molar-refractivity contribution in [3.8, 4) is 5.75 Å². The molecule has 96 valence electrons. The van der Waals surface area contributed by atoms with Crippen LogP contribution in [-0.2, 0) is 0 Å². The van der Waals surface area contributed by atoms with Crippen molar-refractivity contribution in [3.63, 3.8) is 0 Å². The van der Waals surface area contributed by atoms with Gasteiger partial charge < -0.3 is 14.5 Å². The smallest absolute Gasteiger partial charge is 0.137 e. The molecule has 3 nitrogen and oxygen atoms in total. The zero-order chi connectivity index (χ0) is 13.1. The molecule has 1 atom stereocenters. The molecule has 0 amide bonds. The molecule has 0 aliphatic carbocycles. The Balaban J connectivity index is 2.40. The standard InChI is InChI=1S/C14H16ClNO2/c1-9-6-7-18-14(9)13(16-2)10-4-5-12(17-3)11(15)8-10/h4-8,13,16H,1-3H3. The van der Waals surface area contributed by atoms with Crippen LogP contribution in [0.15, 0.2) is 34.9 Å². The minimum Gasteiger partial charge on any atom is -0.495 e. The number of aryl methyl sites for hydroxylation is 1. The number of methoxy groups -OCH3 is 1. The Kier molecular flexibility index (Phi) is 3.94. The van der Waals surface area contributed by atoms with Crippen molar-refractivity contribution in [1.29, 1.82) is 0 Å². The van der Waals surface area contributed by atoms with Crippen LogP contribution < -0.4 is 10.1 Å². The van der Waals surface area contributed by atoms with E-state index in [0.717, 1.165) is 16.9 Å². The van der Waals surface area contributed by atoms with Crippen molar-refractivity contribution in [2.24, 2.45) is 0 Å². The fourth-order valence-electron chi connectivity index (χ4n) is 1.99. The van der Waals surface area contributed by atoms with Crippen LogP contribution in [-0.4, -0.2) is 14.2 Å². The second-order valence-corrected chi connectivity index (χ2v) is 4.49. The van der Waals surface area contributed by atoms with E-state index in [0.29, 0.717) is 10.8 Å². The first-order chi connectivity index (χ1) is 8.67. The van der Waals surface area contributed by atoms with Crippen molar-refractivity contribution in [2.75, 3.05) is 14.2 Å². The number of halogens is 1. The Hall–Kier alpha value is -1.45. The van der Waals surface area contributed by atoms with Gasteiger partial charge in [0, 0.05) is 0 Å². The third kappa shape index (κ3) is 2.37. The molecule has 1 aromatic heterocycles. The molecule has 1 aromatic carbocycles. The Morgan fingerprint density at radius 1 is 1.33 bits per heavy atom. The summed E-state index contributed by atoms with van der Waals surface area (Å²) in [4.78, 5) is 0. The second-order valence-electron chi connectivity index (χ2n) is 4.08. The van der Waals surface area contributed by atoms with Gasteiger partial charge in [0.2, 0.25) is 0 Å². The topological polar surface area (TPSA) is 34.4 Å². The monoisotopic (exact) mass is 265 g/mol. The molecule has 1 unspecified atom stereocenters. The summed E-state index contributed by atoms with van der Waals surface area (Å²) in [6, 6.07) is 7.67. The number of hydrogen-bond donors (Lipinski definition) is 1. The van der Waals surface area contributed by atoms with Crippen LogP contribution in [0.3, 0.4) is 0 Å². The lowest BCUT2D eigenvalue weighted by atomic mass is 10.0. The molecule has 18 heavy (non-hydrogen) atoms. The molecule has 2 aromatic rings. The maximum Gasteiger partial charge on any atom is 0.137 e. The summed E-state index contributed by atoms with van der Waals surface area (Å²) in [5, 5.41) is 3.83. The molecule has 0 radical (unpaired) electrons. The molecule has 1 heterocycles. The van der Waals surface area contributed by atoms with Gasteiger partial charge in [-0.15, -0.1) is 0 Å². The molecule has 0 aliphatic heterocycles. The third-order valence-electron chi connectivity index (χ3n) is 2.96. The van der Waals surface area contributed by atoms with Gasteiger partial charge in [-0.3, -0.25) is 0 Å². The Labute approximate surface area is 112 Å². The van der Waals surface area contributed by atoms with Gasteiger partial charge in [0.05, 0.1) is 24.4 Å². The summed E-state index contributed by atoms with van der Waals surface area (Å²) >= 11 is 6.15. The van der Waals surface area contributed by atoms with Crippen molar-refractivity contribution < 1.29 is 9.15 Å². The lowest BCUT2D eigenvalue weighted by molar-refractivity contribution is 0.414. The molecule has 0 bridgehead atoms. The summed E-state index contributed by atoms with van der Waals surface area (Å²) in [5.74, 6) is 1.57. The maximum absolute atomic E-state index is 6.15. The first-order valence-electron chi connectivity index (χ1n) is 5.72. The molecule has 1 N–H and O–H groups in total. The summed E-state index contributed by atoms with van der Waals surface area (Å²) < 4.78 is 10.7. The second kappa shape index (κ2) is 5.46. The van der Waals surface area contributed by atoms with Crippen LogP contribution in [0, 0.1) is 6.92 Å². The first kappa shape index (κ1) is 13.0. The van der Waals surface area contributed by atoms with E-state index < -0.39 is 0 Å². The van der Waals surface area contributed by atoms with Crippen LogP contribution in [0.4, 0.5) is 0 Å². The number of ether oxygens (including phenoxy) is 1. The average Bonchev–Trinajstić information content (AvgIpc) is 2.77. The first-order valence-corrected chi connectivity index (χ1v) is 6.10. The molecular formula is C14H16ClNO2. The van der Waals surface area contributed by atoms with E-state index in [9.17, 15) is 0 Å². The fourth-order valence-corrected chi connectivity index (χ4v) is 2.26. The van der Waals surface area contributed by atoms with Gasteiger partial charge in [-0.05, 0) is 43.3 Å². The third-order valence-corrected chi connectivity index (χ3v) is 3.26. The van der Waals surface area contributed by atoms with E-state index in [4.69, 9.17) is 20.8 Å². The summed E-state index contributed by atoms with van der Waals surface area (Å²) in [5.41, 5.74) is 2.16. The Morgan fingerprint density at radius 3 is 2.61 bits per heavy atom. The number of benzene rings is 1. The molecule has 2 rings (SSSR count). The molecule has 0 spiro atoms. The van der Waals surface area contributed by atoms with Crippen LogP contribution in [0.2, 0.25) is 5.02 Å². The maximum atomic E-state index is 6.15. The molecule has 0 aliphatic rings. The number of furan rings is 1. The van der Waals surface area contributed by atoms with Crippen molar-refractivity contribution in [2.45, 2.75) is 13.0 Å². The molecule has 4 heteroatoms. The lowest BCUT2D eigenvalue weighted by Gasteiger charge is -2.16. The predicted octanol–water partition coefficient (Wildman–Crippen LogP) is 3.56. The van der Waals surface area contributed by atoms with E-state index in [2.05, 4.69) is 5.32 Å². The zero-order valence-electron chi connectivity index (χ0n) is 10.7. The highest BCUT2D eigenvalue weighted by molar-refractivity contribution is 6.32. The van der Waals surface area contributed by atoms with Gasteiger partial charge in [-0.1, -0.05) is 17.7 Å². The van der Waals surface area contributed by atoms with E-state index in [-0.39, 0.29) is 6.04 Å². The summed E-state index contributed by atoms with van der Waals surface area (Å²) in [7, 11) is 3.50. The largest absolute Gasteiger partial charge is 0.495 e. The van der Waals surface area contributed by atoms with Crippen molar-refractivity contribution in [3.05, 3.63) is 52.4 Å². The number of nitrogens with one attached hydrogen (secondary N) is 1. The van der Waals surface area contributed by atoms with E-state index >= 15 is 0 Å². The lowest BCUT2D eigenvalue weighted by Crippen LogP contribution is -2.17. The van der Waals surface area contributed by atoms with Crippen LogP contribution in [0.5, 0.6) is 5.75 Å². The fraction of sp³-hybridized carbons (Fsp3) is 0.286. The molecular weight excluding hydrogens is 250 g/mol. The predicted molar refractivity (Wildman–Crippen MR) is 72.4 cm³/mol. The number of hydrogen-bond acceptors (Lipinski definition) is 3. The molecule has 0 fully saturated rings. The van der Waals surface area contributed by atoms with E-state index in [1.807, 2.05) is 38.2 Å². The molecule has 0 saturated carbocycles. The van der Waals surface area contributed by atoms with E-state index in [1.165, 1.54) is 0 Å². The van der Waals surface area contributed by atoms with Gasteiger partial charge in [-0.2, -0.15) is 0 Å². The molecule has 0 saturated heterocycles. The number of rotatable bonds is 4. The van der Waals surface area contributed by atoms with Gasteiger partial charge in [0.1, 0.15) is 11.5 Å². The minimum atomic E-state index is -0.0107. The van der Waals surface area contributed by atoms with Crippen LogP contribution in [0.1, 0.15) is 22.9 Å². The Morgan fingerprint density at radius 2 is 2.11 bits per heavy atom. The minimum absolute atomic E-state index is 0.0107. The highest BCUT2D eigenvalue weighted by Gasteiger charge is 2.18. The van der Waals surface area contributed by atoms with Gasteiger partial charge >= 0.3 is 0 Å². The normalized spacial score (nSPS) is 12.4. The van der Waals surface area contributed by atoms with Gasteiger partial charge in [0.15, 0.2) is 0 Å². The van der Waals surface area contributed by atoms with E-state index in [1.54, 1.807) is 13.4 Å². The highest BCUT2D eigenvalue weighted by Crippen LogP contribution is 2.31. The van der Waals surface area contributed by atoms with Crippen molar-refractivity contribution >= 4 is 11.6 Å². The van der Waals surface area contributed by atoms with Crippen molar-refractivity contribution in [1.82, 2.24) is 5.32 Å². The zero-order valence-corrected chi connectivity index (χ0v) is 11.4. The average molecular weight is 266 g/mol. The highest BCUT2D eigenvalue weighted by atomic mass is 35.5. The van der Waals surface area contributed by atoms with Gasteiger partial charge in [0.25, 0.3) is 0 Å². The Bertz CT molecular complexity index is 536. The summed E-state index contributed by atoms with van der Waals surface area (Å²) in [6.07, 6.45) is 1.69. The van der Waals surface area contributed by atoms with Crippen LogP contribution in [0.25, 0.3) is 0 Å². The van der Waals surface area contributed by atoms with Crippen LogP contribution >= 0.6 is 11.6 Å². The quantitative estimate of drug-likeness (QED) is 0.918. The SMILES string of the molecule is CNC(c1ccc(OC)c(Cl)c1)c1occc1C. The summed E-state index contributed by atoms with van der Waals surface area (Å²) in [6.45, 7) is 2.02. The van der Waals surface area contributed by atoms with Gasteiger partial charge in [-0.25, -0.2) is 0 Å².